The zero-order valence-corrected chi connectivity index (χ0v) is 15.9. The molecular weight excluding hydrogens is 356 g/mol. The molecule has 1 aromatic carbocycles. The summed E-state index contributed by atoms with van der Waals surface area (Å²) >= 11 is 0. The summed E-state index contributed by atoms with van der Waals surface area (Å²) in [6, 6.07) is 10.8. The highest BCUT2D eigenvalue weighted by Gasteiger charge is 2.29. The maximum absolute atomic E-state index is 12.9. The van der Waals surface area contributed by atoms with Gasteiger partial charge in [-0.1, -0.05) is 19.1 Å². The van der Waals surface area contributed by atoms with Crippen LogP contribution in [0.2, 0.25) is 0 Å². The van der Waals surface area contributed by atoms with Gasteiger partial charge in [0.15, 0.2) is 5.82 Å². The number of hydrogen-bond acceptors (Lipinski definition) is 4. The molecule has 7 heteroatoms. The van der Waals surface area contributed by atoms with Crippen LogP contribution in [-0.2, 0) is 4.79 Å². The van der Waals surface area contributed by atoms with Crippen LogP contribution >= 0.6 is 0 Å². The molecule has 3 amide bonds. The summed E-state index contributed by atoms with van der Waals surface area (Å²) in [5.41, 5.74) is 1.54. The second-order valence-corrected chi connectivity index (χ2v) is 7.24. The smallest absolute Gasteiger partial charge is 0.324 e. The second kappa shape index (κ2) is 7.88. The third-order valence-electron chi connectivity index (χ3n) is 5.03. The maximum atomic E-state index is 12.9. The molecule has 1 fully saturated rings. The summed E-state index contributed by atoms with van der Waals surface area (Å²) < 4.78 is 5.78. The molecule has 0 radical (unpaired) electrons. The van der Waals surface area contributed by atoms with Crippen molar-refractivity contribution in [1.29, 1.82) is 0 Å². The number of nitrogens with one attached hydrogen (secondary N) is 2. The molecule has 2 aromatic rings. The van der Waals surface area contributed by atoms with E-state index in [1.807, 2.05) is 31.2 Å². The summed E-state index contributed by atoms with van der Waals surface area (Å²) in [4.78, 5) is 30.4. The zero-order valence-electron chi connectivity index (χ0n) is 15.9. The highest BCUT2D eigenvalue weighted by atomic mass is 16.5. The van der Waals surface area contributed by atoms with Gasteiger partial charge in [0, 0.05) is 6.20 Å². The van der Waals surface area contributed by atoms with E-state index in [9.17, 15) is 9.59 Å². The number of nitrogens with zero attached hydrogens (tertiary/aromatic N) is 2. The first-order valence-electron chi connectivity index (χ1n) is 9.69. The van der Waals surface area contributed by atoms with Crippen LogP contribution in [0, 0.1) is 5.92 Å². The van der Waals surface area contributed by atoms with Gasteiger partial charge in [-0.25, -0.2) is 9.78 Å². The number of benzene rings is 1. The van der Waals surface area contributed by atoms with Gasteiger partial charge in [-0.15, -0.1) is 0 Å². The Kier molecular flexibility index (Phi) is 5.14. The van der Waals surface area contributed by atoms with Crippen molar-refractivity contribution in [2.45, 2.75) is 32.2 Å². The Morgan fingerprint density at radius 2 is 2.11 bits per heavy atom. The average molecular weight is 380 g/mol. The fourth-order valence-corrected chi connectivity index (χ4v) is 3.23. The van der Waals surface area contributed by atoms with Crippen LogP contribution in [0.1, 0.15) is 37.8 Å². The predicted molar refractivity (Wildman–Crippen MR) is 106 cm³/mol. The predicted octanol–water partition coefficient (Wildman–Crippen LogP) is 3.49. The Labute approximate surface area is 164 Å². The summed E-state index contributed by atoms with van der Waals surface area (Å²) in [6.07, 6.45) is 4.85. The van der Waals surface area contributed by atoms with Gasteiger partial charge in [-0.2, -0.15) is 0 Å². The van der Waals surface area contributed by atoms with Crippen LogP contribution in [0.3, 0.4) is 0 Å². The van der Waals surface area contributed by atoms with E-state index in [0.717, 1.165) is 24.3 Å². The van der Waals surface area contributed by atoms with Gasteiger partial charge in [0.25, 0.3) is 0 Å². The quantitative estimate of drug-likeness (QED) is 0.804. The number of carbonyl (C=O) groups excluding carboxylic acids is 2. The number of aromatic nitrogens is 1. The van der Waals surface area contributed by atoms with Gasteiger partial charge >= 0.3 is 6.03 Å². The lowest BCUT2D eigenvalue weighted by atomic mass is 10.0. The van der Waals surface area contributed by atoms with Crippen LogP contribution in [0.4, 0.5) is 16.3 Å². The molecule has 1 saturated carbocycles. The Bertz CT molecular complexity index is 864. The maximum Gasteiger partial charge on any atom is 0.324 e. The normalized spacial score (nSPS) is 16.8. The van der Waals surface area contributed by atoms with Crippen molar-refractivity contribution in [3.8, 4) is 5.75 Å². The van der Waals surface area contributed by atoms with Gasteiger partial charge in [0.2, 0.25) is 5.91 Å². The number of anilines is 2. The Morgan fingerprint density at radius 3 is 2.82 bits per heavy atom. The van der Waals surface area contributed by atoms with Crippen LogP contribution in [0.25, 0.3) is 0 Å². The first-order valence-corrected chi connectivity index (χ1v) is 9.69. The molecule has 1 atom stereocenters. The molecule has 1 aromatic heterocycles. The van der Waals surface area contributed by atoms with Crippen molar-refractivity contribution in [1.82, 2.24) is 10.3 Å². The van der Waals surface area contributed by atoms with E-state index in [4.69, 9.17) is 4.74 Å². The molecule has 146 valence electrons. The number of rotatable bonds is 6. The molecule has 0 spiro atoms. The topological polar surface area (TPSA) is 83.6 Å². The van der Waals surface area contributed by atoms with Crippen LogP contribution in [-0.4, -0.2) is 30.1 Å². The molecule has 2 aliphatic rings. The second-order valence-electron chi connectivity index (χ2n) is 7.24. The fourth-order valence-electron chi connectivity index (χ4n) is 3.23. The largest absolute Gasteiger partial charge is 0.493 e. The van der Waals surface area contributed by atoms with Gasteiger partial charge in [-0.3, -0.25) is 9.69 Å². The molecule has 2 heterocycles. The minimum Gasteiger partial charge on any atom is -0.493 e. The van der Waals surface area contributed by atoms with Gasteiger partial charge < -0.3 is 15.4 Å². The summed E-state index contributed by atoms with van der Waals surface area (Å²) in [5.74, 6) is 1.78. The lowest BCUT2D eigenvalue weighted by molar-refractivity contribution is -0.115. The van der Waals surface area contributed by atoms with E-state index >= 15 is 0 Å². The summed E-state index contributed by atoms with van der Waals surface area (Å²) in [5, 5.41) is 5.76. The highest BCUT2D eigenvalue weighted by Crippen LogP contribution is 2.30. The molecule has 2 N–H and O–H groups in total. The van der Waals surface area contributed by atoms with Gasteiger partial charge in [0.1, 0.15) is 12.3 Å². The first-order chi connectivity index (χ1) is 13.6. The standard InChI is InChI=1S/C21H24N4O3/c1-2-17(15-7-9-16(10-8-15)28-13-14-5-6-14)24-21(27)25-12-19(26)23-18-4-3-11-22-20(18)25/h3-4,7-11,14,17H,2,5-6,12-13H2,1H3,(H,23,26)(H,24,27). The van der Waals surface area contributed by atoms with E-state index in [-0.39, 0.29) is 24.5 Å². The van der Waals surface area contributed by atoms with Crippen LogP contribution in [0.5, 0.6) is 5.75 Å². The van der Waals surface area contributed by atoms with Gasteiger partial charge in [-0.05, 0) is 55.0 Å². The molecule has 7 nitrogen and oxygen atoms in total. The average Bonchev–Trinajstić information content (AvgIpc) is 3.54. The lowest BCUT2D eigenvalue weighted by Gasteiger charge is -2.29. The number of carbonyl (C=O) groups is 2. The molecule has 1 aliphatic heterocycles. The molecule has 28 heavy (non-hydrogen) atoms. The third kappa shape index (κ3) is 4.08. The highest BCUT2D eigenvalue weighted by molar-refractivity contribution is 6.08. The minimum atomic E-state index is -0.337. The van der Waals surface area contributed by atoms with E-state index in [1.54, 1.807) is 18.3 Å². The number of pyridine rings is 1. The number of ether oxygens (including phenoxy) is 1. The first kappa shape index (κ1) is 18.3. The minimum absolute atomic E-state index is 0.0553. The lowest BCUT2D eigenvalue weighted by Crippen LogP contribution is -2.48. The molecule has 4 rings (SSSR count). The van der Waals surface area contributed by atoms with E-state index < -0.39 is 0 Å². The van der Waals surface area contributed by atoms with Crippen molar-refractivity contribution in [3.05, 3.63) is 48.2 Å². The van der Waals surface area contributed by atoms with E-state index in [2.05, 4.69) is 15.6 Å². The Balaban J connectivity index is 1.44. The molecule has 1 aliphatic carbocycles. The molecule has 0 bridgehead atoms. The van der Waals surface area contributed by atoms with Crippen molar-refractivity contribution >= 4 is 23.4 Å². The van der Waals surface area contributed by atoms with Crippen molar-refractivity contribution in [2.75, 3.05) is 23.4 Å². The fraction of sp³-hybridized carbons (Fsp3) is 0.381. The van der Waals surface area contributed by atoms with E-state index in [1.165, 1.54) is 17.7 Å². The SMILES string of the molecule is CCC(NC(=O)N1CC(=O)Nc2cccnc21)c1ccc(OCC2CC2)cc1. The van der Waals surface area contributed by atoms with Crippen LogP contribution in [0.15, 0.2) is 42.6 Å². The molecular formula is C21H24N4O3. The number of hydrogen-bond donors (Lipinski definition) is 2. The van der Waals surface area contributed by atoms with Gasteiger partial charge in [0.05, 0.1) is 18.3 Å². The molecule has 0 saturated heterocycles. The number of urea groups is 1. The monoisotopic (exact) mass is 380 g/mol. The summed E-state index contributed by atoms with van der Waals surface area (Å²) in [7, 11) is 0. The Morgan fingerprint density at radius 1 is 1.32 bits per heavy atom. The third-order valence-corrected chi connectivity index (χ3v) is 5.03. The summed E-state index contributed by atoms with van der Waals surface area (Å²) in [6.45, 7) is 2.73. The number of amides is 3. The van der Waals surface area contributed by atoms with Crippen LogP contribution < -0.4 is 20.3 Å². The van der Waals surface area contributed by atoms with Crippen molar-refractivity contribution in [2.24, 2.45) is 5.92 Å². The van der Waals surface area contributed by atoms with E-state index in [0.29, 0.717) is 17.4 Å². The number of fused-ring (bicyclic) bond motifs is 1. The van der Waals surface area contributed by atoms with Crippen molar-refractivity contribution < 1.29 is 14.3 Å². The zero-order chi connectivity index (χ0) is 19.5. The Hall–Kier alpha value is -3.09. The van der Waals surface area contributed by atoms with Crippen molar-refractivity contribution in [3.63, 3.8) is 0 Å². The molecule has 1 unspecified atom stereocenters.